The van der Waals surface area contributed by atoms with E-state index < -0.39 is 12.1 Å². The van der Waals surface area contributed by atoms with Gasteiger partial charge in [0, 0.05) is 0 Å². The topological polar surface area (TPSA) is 0 Å². The first-order valence-electron chi connectivity index (χ1n) is 4.43. The fourth-order valence-electron chi connectivity index (χ4n) is 0.973. The molecule has 0 heterocycles. The number of aryl methyl sites for hydroxylation is 1. The smallest absolute Gasteiger partial charge is 0.191 e. The van der Waals surface area contributed by atoms with Gasteiger partial charge in [0.05, 0.1) is 0 Å². The Labute approximate surface area is 89.4 Å². The predicted octanol–water partition coefficient (Wildman–Crippen LogP) is 4.21. The molecule has 16 heavy (non-hydrogen) atoms. The molecular weight excluding hydrogens is 227 g/mol. The van der Waals surface area contributed by atoms with E-state index >= 15 is 0 Å². The van der Waals surface area contributed by atoms with Crippen molar-refractivity contribution in [2.24, 2.45) is 0 Å². The van der Waals surface area contributed by atoms with E-state index in [2.05, 4.69) is 0 Å². The molecule has 0 saturated carbocycles. The minimum Gasteiger partial charge on any atom is -0.191 e. The van der Waals surface area contributed by atoms with Crippen molar-refractivity contribution >= 4 is 6.08 Å². The maximum absolute atomic E-state index is 12.5. The highest BCUT2D eigenvalue weighted by atomic mass is 19.4. The molecule has 88 valence electrons. The van der Waals surface area contributed by atoms with Crippen LogP contribution in [0.25, 0.3) is 6.08 Å². The minimum atomic E-state index is -5.55. The normalized spacial score (nSPS) is 13.4. The highest BCUT2D eigenvalue weighted by molar-refractivity contribution is 5.50. The highest BCUT2D eigenvalue weighted by Crippen LogP contribution is 2.36. The molecule has 0 amide bonds. The molecule has 1 rings (SSSR count). The van der Waals surface area contributed by atoms with Gasteiger partial charge in [-0.05, 0) is 18.6 Å². The van der Waals surface area contributed by atoms with Crippen molar-refractivity contribution in [3.63, 3.8) is 0 Å². The van der Waals surface area contributed by atoms with E-state index in [-0.39, 0.29) is 6.08 Å². The van der Waals surface area contributed by atoms with Crippen LogP contribution in [0.2, 0.25) is 0 Å². The van der Waals surface area contributed by atoms with Crippen molar-refractivity contribution < 1.29 is 22.0 Å². The second-order valence-electron chi connectivity index (χ2n) is 3.36. The van der Waals surface area contributed by atoms with Crippen LogP contribution in [0.5, 0.6) is 0 Å². The molecule has 1 aromatic rings. The predicted molar refractivity (Wildman–Crippen MR) is 51.2 cm³/mol. The van der Waals surface area contributed by atoms with Crippen molar-refractivity contribution in [1.29, 1.82) is 0 Å². The monoisotopic (exact) mass is 236 g/mol. The standard InChI is InChI=1S/C11H9F5/c1-8-2-4-9(5-3-8)6-7-10(12,13)11(14,15)16/h2-7H,1H3/b7-6+. The molecule has 0 aromatic heterocycles. The molecule has 0 radical (unpaired) electrons. The van der Waals surface area contributed by atoms with Gasteiger partial charge in [-0.3, -0.25) is 0 Å². The molecule has 1 aromatic carbocycles. The van der Waals surface area contributed by atoms with E-state index in [0.717, 1.165) is 11.6 Å². The Kier molecular flexibility index (Phi) is 3.35. The fourth-order valence-corrected chi connectivity index (χ4v) is 0.973. The van der Waals surface area contributed by atoms with E-state index in [9.17, 15) is 22.0 Å². The SMILES string of the molecule is Cc1ccc(/C=C/C(F)(F)C(F)(F)F)cc1. The summed E-state index contributed by atoms with van der Waals surface area (Å²) in [5.74, 6) is -4.79. The number of rotatable bonds is 2. The van der Waals surface area contributed by atoms with Crippen LogP contribution in [0.4, 0.5) is 22.0 Å². The number of allylic oxidation sites excluding steroid dienone is 1. The summed E-state index contributed by atoms with van der Waals surface area (Å²) in [5.41, 5.74) is 1.20. The average Bonchev–Trinajstić information content (AvgIpc) is 2.15. The number of alkyl halides is 5. The number of hydrogen-bond acceptors (Lipinski definition) is 0. The summed E-state index contributed by atoms with van der Waals surface area (Å²) in [4.78, 5) is 0. The third-order valence-electron chi connectivity index (χ3n) is 1.94. The number of halogens is 5. The lowest BCUT2D eigenvalue weighted by Gasteiger charge is -2.15. The van der Waals surface area contributed by atoms with Crippen LogP contribution >= 0.6 is 0 Å². The Morgan fingerprint density at radius 1 is 0.938 bits per heavy atom. The lowest BCUT2D eigenvalue weighted by molar-refractivity contribution is -0.258. The van der Waals surface area contributed by atoms with Crippen molar-refractivity contribution in [3.8, 4) is 0 Å². The van der Waals surface area contributed by atoms with Gasteiger partial charge in [-0.15, -0.1) is 0 Å². The minimum absolute atomic E-state index is 0.141. The maximum Gasteiger partial charge on any atom is 0.457 e. The summed E-state index contributed by atoms with van der Waals surface area (Å²) in [6.07, 6.45) is -4.93. The van der Waals surface area contributed by atoms with E-state index in [4.69, 9.17) is 0 Å². The third kappa shape index (κ3) is 3.05. The zero-order chi connectivity index (χ0) is 12.4. The molecule has 0 fully saturated rings. The second kappa shape index (κ2) is 4.23. The van der Waals surface area contributed by atoms with Gasteiger partial charge in [0.25, 0.3) is 0 Å². The van der Waals surface area contributed by atoms with E-state index in [1.54, 1.807) is 19.1 Å². The highest BCUT2D eigenvalue weighted by Gasteiger charge is 2.55. The first kappa shape index (κ1) is 12.7. The third-order valence-corrected chi connectivity index (χ3v) is 1.94. The van der Waals surface area contributed by atoms with Crippen LogP contribution in [0.3, 0.4) is 0 Å². The lowest BCUT2D eigenvalue weighted by Crippen LogP contribution is -2.33. The molecule has 0 aliphatic carbocycles. The summed E-state index contributed by atoms with van der Waals surface area (Å²) < 4.78 is 60.4. The molecule has 0 nitrogen and oxygen atoms in total. The summed E-state index contributed by atoms with van der Waals surface area (Å²) in [6.45, 7) is 1.79. The molecular formula is C11H9F5. The van der Waals surface area contributed by atoms with Crippen molar-refractivity contribution in [2.45, 2.75) is 19.0 Å². The van der Waals surface area contributed by atoms with Crippen molar-refractivity contribution in [1.82, 2.24) is 0 Å². The van der Waals surface area contributed by atoms with Gasteiger partial charge in [-0.1, -0.05) is 35.9 Å². The molecule has 0 spiro atoms. The summed E-state index contributed by atoms with van der Waals surface area (Å²) in [5, 5.41) is 0. The van der Waals surface area contributed by atoms with Crippen molar-refractivity contribution in [2.75, 3.05) is 0 Å². The zero-order valence-electron chi connectivity index (χ0n) is 8.35. The van der Waals surface area contributed by atoms with E-state index in [0.29, 0.717) is 5.56 Å². The van der Waals surface area contributed by atoms with Crippen LogP contribution in [0, 0.1) is 6.92 Å². The summed E-state index contributed by atoms with van der Waals surface area (Å²) in [7, 11) is 0. The maximum atomic E-state index is 12.5. The van der Waals surface area contributed by atoms with Crippen LogP contribution in [0.15, 0.2) is 30.3 Å². The second-order valence-corrected chi connectivity index (χ2v) is 3.36. The molecule has 0 bridgehead atoms. The average molecular weight is 236 g/mol. The zero-order valence-corrected chi connectivity index (χ0v) is 8.35. The molecule has 0 saturated heterocycles. The van der Waals surface area contributed by atoms with Crippen LogP contribution in [-0.2, 0) is 0 Å². The molecule has 0 unspecified atom stereocenters. The Morgan fingerprint density at radius 3 is 1.88 bits per heavy atom. The van der Waals surface area contributed by atoms with Gasteiger partial charge >= 0.3 is 12.1 Å². The summed E-state index contributed by atoms with van der Waals surface area (Å²) >= 11 is 0. The van der Waals surface area contributed by atoms with Gasteiger partial charge < -0.3 is 0 Å². The molecule has 0 atom stereocenters. The summed E-state index contributed by atoms with van der Waals surface area (Å²) in [6, 6.07) is 6.20. The van der Waals surface area contributed by atoms with Crippen LogP contribution < -0.4 is 0 Å². The fraction of sp³-hybridized carbons (Fsp3) is 0.273. The van der Waals surface area contributed by atoms with Gasteiger partial charge in [-0.25, -0.2) is 0 Å². The first-order chi connectivity index (χ1) is 7.22. The van der Waals surface area contributed by atoms with Gasteiger partial charge in [0.2, 0.25) is 0 Å². The largest absolute Gasteiger partial charge is 0.457 e. The van der Waals surface area contributed by atoms with Gasteiger partial charge in [0.1, 0.15) is 0 Å². The molecule has 0 aliphatic rings. The number of benzene rings is 1. The van der Waals surface area contributed by atoms with Gasteiger partial charge in [0.15, 0.2) is 0 Å². The van der Waals surface area contributed by atoms with E-state index in [1.807, 2.05) is 0 Å². The van der Waals surface area contributed by atoms with Crippen molar-refractivity contribution in [3.05, 3.63) is 41.5 Å². The Morgan fingerprint density at radius 2 is 1.44 bits per heavy atom. The van der Waals surface area contributed by atoms with Crippen LogP contribution in [0.1, 0.15) is 11.1 Å². The molecule has 0 aliphatic heterocycles. The molecule has 0 N–H and O–H groups in total. The quantitative estimate of drug-likeness (QED) is 0.675. The number of hydrogen-bond donors (Lipinski definition) is 0. The first-order valence-corrected chi connectivity index (χ1v) is 4.43. The lowest BCUT2D eigenvalue weighted by atomic mass is 10.1. The molecule has 5 heteroatoms. The van der Waals surface area contributed by atoms with Crippen LogP contribution in [-0.4, -0.2) is 12.1 Å². The van der Waals surface area contributed by atoms with Gasteiger partial charge in [-0.2, -0.15) is 22.0 Å². The Balaban J connectivity index is 2.85. The Hall–Kier alpha value is -1.39. The van der Waals surface area contributed by atoms with E-state index in [1.165, 1.54) is 12.1 Å². The Bertz CT molecular complexity index is 372.